The summed E-state index contributed by atoms with van der Waals surface area (Å²) in [6.07, 6.45) is 5.18. The van der Waals surface area contributed by atoms with Crippen LogP contribution in [0, 0.1) is 0 Å². The molecule has 0 aliphatic carbocycles. The van der Waals surface area contributed by atoms with Crippen LogP contribution < -0.4 is 0 Å². The molecular weight excluding hydrogens is 176 g/mol. The van der Waals surface area contributed by atoms with E-state index in [9.17, 15) is 0 Å². The first-order chi connectivity index (χ1) is 4.12. The largest absolute Gasteiger partial charge is 0.0856 e. The summed E-state index contributed by atoms with van der Waals surface area (Å²) in [4.78, 5) is 0. The molecule has 1 unspecified atom stereocenters. The summed E-state index contributed by atoms with van der Waals surface area (Å²) >= 11 is 3.68. The van der Waals surface area contributed by atoms with Crippen molar-refractivity contribution < 1.29 is 0 Å². The number of alkyl halides is 1. The van der Waals surface area contributed by atoms with E-state index in [0.29, 0.717) is 4.32 Å². The Labute approximate surface area is 67.2 Å². The van der Waals surface area contributed by atoms with Crippen molar-refractivity contribution in [3.63, 3.8) is 0 Å². The lowest BCUT2D eigenvalue weighted by Gasteiger charge is -2.19. The van der Waals surface area contributed by atoms with Crippen molar-refractivity contribution in [1.29, 1.82) is 0 Å². The van der Waals surface area contributed by atoms with E-state index in [4.69, 9.17) is 0 Å². The fourth-order valence-electron chi connectivity index (χ4n) is 0.722. The third kappa shape index (κ3) is 4.95. The van der Waals surface area contributed by atoms with Gasteiger partial charge in [-0.05, 0) is 19.8 Å². The van der Waals surface area contributed by atoms with Gasteiger partial charge >= 0.3 is 0 Å². The maximum absolute atomic E-state index is 3.68. The topological polar surface area (TPSA) is 0 Å². The summed E-state index contributed by atoms with van der Waals surface area (Å²) < 4.78 is 0.406. The molecule has 0 spiro atoms. The highest BCUT2D eigenvalue weighted by molar-refractivity contribution is 9.10. The van der Waals surface area contributed by atoms with E-state index in [2.05, 4.69) is 36.7 Å². The molecule has 9 heavy (non-hydrogen) atoms. The summed E-state index contributed by atoms with van der Waals surface area (Å²) in [6, 6.07) is 0. The lowest BCUT2D eigenvalue weighted by molar-refractivity contribution is 0.549. The van der Waals surface area contributed by atoms with Gasteiger partial charge in [0.2, 0.25) is 0 Å². The highest BCUT2D eigenvalue weighted by atomic mass is 79.9. The van der Waals surface area contributed by atoms with Gasteiger partial charge in [0.05, 0.1) is 0 Å². The molecule has 0 saturated carbocycles. The van der Waals surface area contributed by atoms with Crippen LogP contribution in [0.4, 0.5) is 0 Å². The molecular formula is C8H17Br. The zero-order valence-corrected chi connectivity index (χ0v) is 8.29. The number of unbranched alkanes of at least 4 members (excludes halogenated alkanes) is 1. The van der Waals surface area contributed by atoms with E-state index in [1.54, 1.807) is 0 Å². The average Bonchev–Trinajstić information content (AvgIpc) is 1.84. The molecule has 0 saturated heterocycles. The van der Waals surface area contributed by atoms with Crippen molar-refractivity contribution in [3.05, 3.63) is 0 Å². The number of hydrogen-bond donors (Lipinski definition) is 0. The first-order valence-electron chi connectivity index (χ1n) is 3.81. The van der Waals surface area contributed by atoms with E-state index >= 15 is 0 Å². The predicted molar refractivity (Wildman–Crippen MR) is 47.1 cm³/mol. The molecule has 1 heteroatoms. The molecule has 0 heterocycles. The van der Waals surface area contributed by atoms with Crippen LogP contribution in [0.25, 0.3) is 0 Å². The standard InChI is InChI=1S/C8H17Br/c1-4-6-7-8(3,9)5-2/h4-7H2,1-3H3. The average molecular weight is 193 g/mol. The molecule has 0 aromatic rings. The quantitative estimate of drug-likeness (QED) is 0.596. The van der Waals surface area contributed by atoms with Gasteiger partial charge in [0, 0.05) is 4.32 Å². The molecule has 0 aromatic carbocycles. The second kappa shape index (κ2) is 4.32. The molecule has 0 rings (SSSR count). The van der Waals surface area contributed by atoms with Crippen molar-refractivity contribution in [3.8, 4) is 0 Å². The Bertz CT molecular complexity index is 67.0. The highest BCUT2D eigenvalue weighted by Gasteiger charge is 2.15. The van der Waals surface area contributed by atoms with Gasteiger partial charge in [-0.25, -0.2) is 0 Å². The number of hydrogen-bond acceptors (Lipinski definition) is 0. The van der Waals surface area contributed by atoms with E-state index in [0.717, 1.165) is 0 Å². The Morgan fingerprint density at radius 1 is 1.33 bits per heavy atom. The van der Waals surface area contributed by atoms with Crippen LogP contribution in [0.1, 0.15) is 46.5 Å². The first-order valence-corrected chi connectivity index (χ1v) is 4.60. The van der Waals surface area contributed by atoms with Gasteiger partial charge < -0.3 is 0 Å². The number of halogens is 1. The minimum atomic E-state index is 0.406. The summed E-state index contributed by atoms with van der Waals surface area (Å²) in [5, 5.41) is 0. The predicted octanol–water partition coefficient (Wildman–Crippen LogP) is 3.74. The van der Waals surface area contributed by atoms with Crippen LogP contribution in [0.3, 0.4) is 0 Å². The third-order valence-corrected chi connectivity index (χ3v) is 2.75. The van der Waals surface area contributed by atoms with Crippen LogP contribution >= 0.6 is 15.9 Å². The smallest absolute Gasteiger partial charge is 0.0227 e. The van der Waals surface area contributed by atoms with Crippen LogP contribution in [0.2, 0.25) is 0 Å². The second-order valence-corrected chi connectivity index (χ2v) is 4.78. The SMILES string of the molecule is CCCCC(C)(Br)CC. The minimum absolute atomic E-state index is 0.406. The monoisotopic (exact) mass is 192 g/mol. The minimum Gasteiger partial charge on any atom is -0.0856 e. The van der Waals surface area contributed by atoms with E-state index in [-0.39, 0.29) is 0 Å². The van der Waals surface area contributed by atoms with Gasteiger partial charge in [0.25, 0.3) is 0 Å². The normalized spacial score (nSPS) is 17.3. The first kappa shape index (κ1) is 9.48. The highest BCUT2D eigenvalue weighted by Crippen LogP contribution is 2.27. The molecule has 0 amide bonds. The summed E-state index contributed by atoms with van der Waals surface area (Å²) in [5.41, 5.74) is 0. The van der Waals surface area contributed by atoms with Crippen molar-refractivity contribution in [2.24, 2.45) is 0 Å². The molecule has 0 aromatic heterocycles. The van der Waals surface area contributed by atoms with Gasteiger partial charge in [0.1, 0.15) is 0 Å². The summed E-state index contributed by atoms with van der Waals surface area (Å²) in [7, 11) is 0. The van der Waals surface area contributed by atoms with Gasteiger partial charge in [-0.15, -0.1) is 0 Å². The van der Waals surface area contributed by atoms with Crippen LogP contribution in [-0.2, 0) is 0 Å². The Hall–Kier alpha value is 0.480. The third-order valence-electron chi connectivity index (χ3n) is 1.79. The van der Waals surface area contributed by atoms with Crippen molar-refractivity contribution in [2.45, 2.75) is 50.8 Å². The Balaban J connectivity index is 3.33. The van der Waals surface area contributed by atoms with Gasteiger partial charge in [-0.3, -0.25) is 0 Å². The van der Waals surface area contributed by atoms with E-state index in [1.165, 1.54) is 25.7 Å². The lowest BCUT2D eigenvalue weighted by atomic mass is 10.0. The molecule has 0 nitrogen and oxygen atoms in total. The van der Waals surface area contributed by atoms with Crippen molar-refractivity contribution in [1.82, 2.24) is 0 Å². The molecule has 0 N–H and O–H groups in total. The van der Waals surface area contributed by atoms with Gasteiger partial charge in [-0.1, -0.05) is 42.6 Å². The molecule has 56 valence electrons. The van der Waals surface area contributed by atoms with E-state index in [1.807, 2.05) is 0 Å². The molecule has 0 fully saturated rings. The molecule has 0 aliphatic rings. The van der Waals surface area contributed by atoms with Crippen LogP contribution in [-0.4, -0.2) is 4.32 Å². The molecule has 0 radical (unpaired) electrons. The van der Waals surface area contributed by atoms with Crippen molar-refractivity contribution >= 4 is 15.9 Å². The van der Waals surface area contributed by atoms with Crippen LogP contribution in [0.15, 0.2) is 0 Å². The van der Waals surface area contributed by atoms with Gasteiger partial charge in [0.15, 0.2) is 0 Å². The molecule has 0 aliphatic heterocycles. The summed E-state index contributed by atoms with van der Waals surface area (Å²) in [6.45, 7) is 6.73. The number of rotatable bonds is 4. The molecule has 1 atom stereocenters. The van der Waals surface area contributed by atoms with Gasteiger partial charge in [-0.2, -0.15) is 0 Å². The fraction of sp³-hybridized carbons (Fsp3) is 1.00. The Morgan fingerprint density at radius 2 is 1.89 bits per heavy atom. The zero-order chi connectivity index (χ0) is 7.33. The zero-order valence-electron chi connectivity index (χ0n) is 6.71. The van der Waals surface area contributed by atoms with Crippen molar-refractivity contribution in [2.75, 3.05) is 0 Å². The molecule has 0 bridgehead atoms. The lowest BCUT2D eigenvalue weighted by Crippen LogP contribution is -2.12. The maximum atomic E-state index is 3.68. The second-order valence-electron chi connectivity index (χ2n) is 2.87. The fourth-order valence-corrected chi connectivity index (χ4v) is 1.00. The van der Waals surface area contributed by atoms with Crippen LogP contribution in [0.5, 0.6) is 0 Å². The van der Waals surface area contributed by atoms with E-state index < -0.39 is 0 Å². The Morgan fingerprint density at radius 3 is 2.22 bits per heavy atom. The maximum Gasteiger partial charge on any atom is 0.0227 e. The Kier molecular flexibility index (Phi) is 4.55. The summed E-state index contributed by atoms with van der Waals surface area (Å²) in [5.74, 6) is 0.